The molecule has 0 aromatic heterocycles. The SMILES string of the molecule is CC(NC(=O)c1c(O)cc(F)cc1F)c1cccc(NC(=O)c2ccccc2)c1. The zero-order chi connectivity index (χ0) is 21.0. The molecule has 7 heteroatoms. The molecule has 3 aromatic rings. The Kier molecular flexibility index (Phi) is 5.87. The second-order valence-electron chi connectivity index (χ2n) is 6.42. The van der Waals surface area contributed by atoms with Gasteiger partial charge in [0.2, 0.25) is 0 Å². The monoisotopic (exact) mass is 396 g/mol. The van der Waals surface area contributed by atoms with Crippen LogP contribution in [0, 0.1) is 11.6 Å². The number of phenols is 1. The summed E-state index contributed by atoms with van der Waals surface area (Å²) in [6, 6.07) is 16.1. The molecule has 5 nitrogen and oxygen atoms in total. The molecule has 0 aliphatic carbocycles. The summed E-state index contributed by atoms with van der Waals surface area (Å²) in [6.07, 6.45) is 0. The fraction of sp³-hybridized carbons (Fsp3) is 0.0909. The number of benzene rings is 3. The minimum Gasteiger partial charge on any atom is -0.507 e. The number of carbonyl (C=O) groups excluding carboxylic acids is 2. The number of aromatic hydroxyl groups is 1. The summed E-state index contributed by atoms with van der Waals surface area (Å²) in [5.41, 5.74) is 1.03. The van der Waals surface area contributed by atoms with Crippen LogP contribution in [0.2, 0.25) is 0 Å². The Morgan fingerprint density at radius 1 is 0.931 bits per heavy atom. The van der Waals surface area contributed by atoms with E-state index in [0.29, 0.717) is 28.9 Å². The predicted octanol–water partition coefficient (Wildman–Crippen LogP) is 4.41. The lowest BCUT2D eigenvalue weighted by molar-refractivity contribution is 0.0931. The highest BCUT2D eigenvalue weighted by molar-refractivity contribution is 6.04. The summed E-state index contributed by atoms with van der Waals surface area (Å²) < 4.78 is 27.0. The molecule has 2 amide bonds. The van der Waals surface area contributed by atoms with Gasteiger partial charge in [-0.1, -0.05) is 30.3 Å². The van der Waals surface area contributed by atoms with Crippen molar-refractivity contribution in [3.63, 3.8) is 0 Å². The maximum Gasteiger partial charge on any atom is 0.258 e. The molecule has 0 saturated carbocycles. The van der Waals surface area contributed by atoms with Crippen molar-refractivity contribution in [2.45, 2.75) is 13.0 Å². The van der Waals surface area contributed by atoms with Gasteiger partial charge in [0.15, 0.2) is 0 Å². The summed E-state index contributed by atoms with van der Waals surface area (Å²) in [4.78, 5) is 24.6. The first-order valence-corrected chi connectivity index (χ1v) is 8.80. The van der Waals surface area contributed by atoms with Gasteiger partial charge in [-0.05, 0) is 36.8 Å². The number of carbonyl (C=O) groups is 2. The maximum absolute atomic E-state index is 13.9. The van der Waals surface area contributed by atoms with E-state index in [4.69, 9.17) is 0 Å². The first kappa shape index (κ1) is 20.0. The van der Waals surface area contributed by atoms with E-state index in [9.17, 15) is 23.5 Å². The molecule has 3 rings (SSSR count). The molecule has 0 saturated heterocycles. The van der Waals surface area contributed by atoms with Crippen LogP contribution in [0.25, 0.3) is 0 Å². The second-order valence-corrected chi connectivity index (χ2v) is 6.42. The van der Waals surface area contributed by atoms with Crippen LogP contribution in [0.1, 0.15) is 39.2 Å². The van der Waals surface area contributed by atoms with Gasteiger partial charge in [0.05, 0.1) is 6.04 Å². The van der Waals surface area contributed by atoms with E-state index in [1.165, 1.54) is 0 Å². The Morgan fingerprint density at radius 2 is 1.66 bits per heavy atom. The number of amides is 2. The third kappa shape index (κ3) is 4.76. The lowest BCUT2D eigenvalue weighted by atomic mass is 10.1. The van der Waals surface area contributed by atoms with Crippen molar-refractivity contribution in [1.82, 2.24) is 5.32 Å². The van der Waals surface area contributed by atoms with E-state index in [-0.39, 0.29) is 5.91 Å². The Bertz CT molecular complexity index is 1030. The molecule has 0 heterocycles. The third-order valence-electron chi connectivity index (χ3n) is 4.29. The largest absolute Gasteiger partial charge is 0.507 e. The van der Waals surface area contributed by atoms with E-state index in [1.54, 1.807) is 55.5 Å². The molecule has 1 atom stereocenters. The molecule has 0 fully saturated rings. The summed E-state index contributed by atoms with van der Waals surface area (Å²) in [5.74, 6) is -4.08. The highest BCUT2D eigenvalue weighted by Gasteiger charge is 2.20. The third-order valence-corrected chi connectivity index (χ3v) is 4.29. The molecule has 1 unspecified atom stereocenters. The van der Waals surface area contributed by atoms with Gasteiger partial charge in [0.1, 0.15) is 22.9 Å². The van der Waals surface area contributed by atoms with Crippen LogP contribution in [-0.2, 0) is 0 Å². The van der Waals surface area contributed by atoms with Gasteiger partial charge in [-0.15, -0.1) is 0 Å². The summed E-state index contributed by atoms with van der Waals surface area (Å²) in [5, 5.41) is 15.0. The first-order valence-electron chi connectivity index (χ1n) is 8.80. The molecule has 29 heavy (non-hydrogen) atoms. The van der Waals surface area contributed by atoms with Crippen LogP contribution in [-0.4, -0.2) is 16.9 Å². The smallest absolute Gasteiger partial charge is 0.258 e. The predicted molar refractivity (Wildman–Crippen MR) is 105 cm³/mol. The van der Waals surface area contributed by atoms with Crippen molar-refractivity contribution in [2.24, 2.45) is 0 Å². The van der Waals surface area contributed by atoms with Crippen LogP contribution in [0.3, 0.4) is 0 Å². The summed E-state index contributed by atoms with van der Waals surface area (Å²) in [6.45, 7) is 1.66. The van der Waals surface area contributed by atoms with E-state index in [2.05, 4.69) is 10.6 Å². The second kappa shape index (κ2) is 8.52. The highest BCUT2D eigenvalue weighted by atomic mass is 19.1. The van der Waals surface area contributed by atoms with Gasteiger partial charge < -0.3 is 15.7 Å². The number of hydrogen-bond donors (Lipinski definition) is 3. The van der Waals surface area contributed by atoms with Gasteiger partial charge >= 0.3 is 0 Å². The van der Waals surface area contributed by atoms with Crippen LogP contribution in [0.15, 0.2) is 66.7 Å². The summed E-state index contributed by atoms with van der Waals surface area (Å²) in [7, 11) is 0. The lowest BCUT2D eigenvalue weighted by Gasteiger charge is -2.16. The van der Waals surface area contributed by atoms with E-state index in [1.807, 2.05) is 6.07 Å². The van der Waals surface area contributed by atoms with Crippen LogP contribution in [0.4, 0.5) is 14.5 Å². The Balaban J connectivity index is 1.73. The van der Waals surface area contributed by atoms with Crippen molar-refractivity contribution >= 4 is 17.5 Å². The lowest BCUT2D eigenvalue weighted by Crippen LogP contribution is -2.27. The van der Waals surface area contributed by atoms with Gasteiger partial charge in [-0.3, -0.25) is 9.59 Å². The van der Waals surface area contributed by atoms with Gasteiger partial charge in [0.25, 0.3) is 11.8 Å². The number of rotatable bonds is 5. The number of hydrogen-bond acceptors (Lipinski definition) is 3. The molecule has 148 valence electrons. The minimum absolute atomic E-state index is 0.280. The van der Waals surface area contributed by atoms with Crippen molar-refractivity contribution in [3.8, 4) is 5.75 Å². The highest BCUT2D eigenvalue weighted by Crippen LogP contribution is 2.24. The van der Waals surface area contributed by atoms with Crippen molar-refractivity contribution in [2.75, 3.05) is 5.32 Å². The van der Waals surface area contributed by atoms with Crippen molar-refractivity contribution in [3.05, 3.63) is 95.1 Å². The van der Waals surface area contributed by atoms with E-state index in [0.717, 1.165) is 0 Å². The van der Waals surface area contributed by atoms with Crippen LogP contribution in [0.5, 0.6) is 5.75 Å². The molecule has 0 aliphatic rings. The molecule has 0 radical (unpaired) electrons. The molecule has 0 aliphatic heterocycles. The number of phenolic OH excluding ortho intramolecular Hbond substituents is 1. The van der Waals surface area contributed by atoms with E-state index < -0.39 is 34.9 Å². The van der Waals surface area contributed by atoms with Crippen molar-refractivity contribution in [1.29, 1.82) is 0 Å². The quantitative estimate of drug-likeness (QED) is 0.598. The molecule has 3 N–H and O–H groups in total. The molecular weight excluding hydrogens is 378 g/mol. The van der Waals surface area contributed by atoms with Gasteiger partial charge in [0, 0.05) is 23.4 Å². The van der Waals surface area contributed by atoms with E-state index >= 15 is 0 Å². The zero-order valence-electron chi connectivity index (χ0n) is 15.4. The fourth-order valence-electron chi connectivity index (χ4n) is 2.82. The first-order chi connectivity index (χ1) is 13.8. The van der Waals surface area contributed by atoms with Crippen LogP contribution < -0.4 is 10.6 Å². The number of nitrogens with one attached hydrogen (secondary N) is 2. The Labute approximate surface area is 166 Å². The molecule has 0 spiro atoms. The normalized spacial score (nSPS) is 11.6. The van der Waals surface area contributed by atoms with Gasteiger partial charge in [-0.2, -0.15) is 0 Å². The Hall–Kier alpha value is -3.74. The average molecular weight is 396 g/mol. The maximum atomic E-state index is 13.9. The molecular formula is C22H18F2N2O3. The Morgan fingerprint density at radius 3 is 2.34 bits per heavy atom. The fourth-order valence-corrected chi connectivity index (χ4v) is 2.82. The number of halogens is 2. The van der Waals surface area contributed by atoms with Gasteiger partial charge in [-0.25, -0.2) is 8.78 Å². The van der Waals surface area contributed by atoms with Crippen LogP contribution >= 0.6 is 0 Å². The minimum atomic E-state index is -1.16. The number of anilines is 1. The van der Waals surface area contributed by atoms with Crippen molar-refractivity contribution < 1.29 is 23.5 Å². The zero-order valence-corrected chi connectivity index (χ0v) is 15.4. The average Bonchev–Trinajstić information content (AvgIpc) is 2.68. The molecule has 3 aromatic carbocycles. The summed E-state index contributed by atoms with van der Waals surface area (Å²) >= 11 is 0. The molecule has 0 bridgehead atoms. The topological polar surface area (TPSA) is 78.4 Å². The standard InChI is InChI=1S/C22H18F2N2O3/c1-13(25-22(29)20-18(24)11-16(23)12-19(20)27)15-8-5-9-17(10-15)26-21(28)14-6-3-2-4-7-14/h2-13,27H,1H3,(H,25,29)(H,26,28).